The summed E-state index contributed by atoms with van der Waals surface area (Å²) < 4.78 is 0. The maximum absolute atomic E-state index is 12.3. The van der Waals surface area contributed by atoms with E-state index in [1.54, 1.807) is 29.5 Å². The van der Waals surface area contributed by atoms with E-state index in [4.69, 9.17) is 23.2 Å². The van der Waals surface area contributed by atoms with E-state index in [2.05, 4.69) is 28.6 Å². The largest absolute Gasteiger partial charge is 0.324 e. The minimum atomic E-state index is -0.0744. The molecule has 3 nitrogen and oxygen atoms in total. The second-order valence-electron chi connectivity index (χ2n) is 5.35. The van der Waals surface area contributed by atoms with Crippen molar-refractivity contribution in [3.05, 3.63) is 50.1 Å². The highest BCUT2D eigenvalue weighted by Crippen LogP contribution is 2.33. The first-order valence-corrected chi connectivity index (χ1v) is 8.74. The molecule has 1 aliphatic heterocycles. The van der Waals surface area contributed by atoms with Crippen molar-refractivity contribution in [3.8, 4) is 0 Å². The summed E-state index contributed by atoms with van der Waals surface area (Å²) in [4.78, 5) is 15.9. The van der Waals surface area contributed by atoms with Crippen molar-refractivity contribution in [1.29, 1.82) is 0 Å². The molecule has 1 atom stereocenters. The molecule has 1 aromatic carbocycles. The van der Waals surface area contributed by atoms with Crippen molar-refractivity contribution in [3.63, 3.8) is 0 Å². The fourth-order valence-electron chi connectivity index (χ4n) is 2.75. The second-order valence-corrected chi connectivity index (χ2v) is 7.13. The number of anilines is 1. The lowest BCUT2D eigenvalue weighted by molar-refractivity contribution is -0.117. The molecule has 0 bridgehead atoms. The molecule has 1 aromatic heterocycles. The van der Waals surface area contributed by atoms with Crippen LogP contribution < -0.4 is 5.32 Å². The first-order chi connectivity index (χ1) is 10.6. The SMILES string of the molecule is C[C@H]1c2ccsc2CCN1CC(=O)Nc1cccc(Cl)c1Cl. The van der Waals surface area contributed by atoms with Gasteiger partial charge in [-0.25, -0.2) is 0 Å². The molecule has 2 aromatic rings. The van der Waals surface area contributed by atoms with Crippen LogP contribution in [0.3, 0.4) is 0 Å². The van der Waals surface area contributed by atoms with Crippen LogP contribution >= 0.6 is 34.5 Å². The van der Waals surface area contributed by atoms with Crippen LogP contribution in [-0.4, -0.2) is 23.9 Å². The fourth-order valence-corrected chi connectivity index (χ4v) is 4.06. The van der Waals surface area contributed by atoms with Gasteiger partial charge in [0, 0.05) is 17.5 Å². The normalized spacial score (nSPS) is 18.0. The number of thiophene rings is 1. The lowest BCUT2D eigenvalue weighted by Crippen LogP contribution is -2.39. The van der Waals surface area contributed by atoms with Crippen molar-refractivity contribution < 1.29 is 4.79 Å². The second kappa shape index (κ2) is 6.59. The molecular formula is C16H16Cl2N2OS. The average Bonchev–Trinajstić information content (AvgIpc) is 2.96. The molecule has 0 fully saturated rings. The predicted molar refractivity (Wildman–Crippen MR) is 93.1 cm³/mol. The molecule has 0 aliphatic carbocycles. The number of benzene rings is 1. The minimum Gasteiger partial charge on any atom is -0.324 e. The van der Waals surface area contributed by atoms with E-state index in [0.717, 1.165) is 13.0 Å². The Balaban J connectivity index is 1.67. The van der Waals surface area contributed by atoms with Crippen LogP contribution in [0.1, 0.15) is 23.4 Å². The van der Waals surface area contributed by atoms with Crippen LogP contribution in [-0.2, 0) is 11.2 Å². The minimum absolute atomic E-state index is 0.0744. The summed E-state index contributed by atoms with van der Waals surface area (Å²) in [5, 5.41) is 5.78. The van der Waals surface area contributed by atoms with Gasteiger partial charge >= 0.3 is 0 Å². The molecule has 1 N–H and O–H groups in total. The van der Waals surface area contributed by atoms with Gasteiger partial charge in [0.05, 0.1) is 22.3 Å². The first-order valence-electron chi connectivity index (χ1n) is 7.10. The zero-order valence-electron chi connectivity index (χ0n) is 12.1. The number of hydrogen-bond acceptors (Lipinski definition) is 3. The highest BCUT2D eigenvalue weighted by Gasteiger charge is 2.26. The summed E-state index contributed by atoms with van der Waals surface area (Å²) in [6, 6.07) is 7.64. The smallest absolute Gasteiger partial charge is 0.238 e. The Hall–Kier alpha value is -1.07. The molecule has 0 spiro atoms. The molecule has 116 valence electrons. The summed E-state index contributed by atoms with van der Waals surface area (Å²) in [5.41, 5.74) is 1.89. The van der Waals surface area contributed by atoms with Crippen LogP contribution in [0.2, 0.25) is 10.0 Å². The van der Waals surface area contributed by atoms with Gasteiger partial charge in [-0.2, -0.15) is 0 Å². The summed E-state index contributed by atoms with van der Waals surface area (Å²) in [5.74, 6) is -0.0744. The number of nitrogens with zero attached hydrogens (tertiary/aromatic N) is 1. The maximum atomic E-state index is 12.3. The first kappa shape index (κ1) is 15.8. The van der Waals surface area contributed by atoms with Crippen molar-refractivity contribution in [2.24, 2.45) is 0 Å². The molecule has 22 heavy (non-hydrogen) atoms. The van der Waals surface area contributed by atoms with Gasteiger partial charge in [0.15, 0.2) is 0 Å². The number of fused-ring (bicyclic) bond motifs is 1. The van der Waals surface area contributed by atoms with E-state index in [1.165, 1.54) is 10.4 Å². The quantitative estimate of drug-likeness (QED) is 0.872. The zero-order chi connectivity index (χ0) is 15.7. The van der Waals surface area contributed by atoms with Crippen LogP contribution in [0.5, 0.6) is 0 Å². The van der Waals surface area contributed by atoms with Gasteiger partial charge in [-0.1, -0.05) is 29.3 Å². The van der Waals surface area contributed by atoms with Gasteiger partial charge in [0.25, 0.3) is 0 Å². The Morgan fingerprint density at radius 3 is 3.05 bits per heavy atom. The third-order valence-corrected chi connectivity index (χ3v) is 5.79. The number of nitrogens with one attached hydrogen (secondary N) is 1. The highest BCUT2D eigenvalue weighted by molar-refractivity contribution is 7.10. The Morgan fingerprint density at radius 1 is 1.41 bits per heavy atom. The Morgan fingerprint density at radius 2 is 2.23 bits per heavy atom. The number of carbonyl (C=O) groups is 1. The van der Waals surface area contributed by atoms with Gasteiger partial charge in [-0.05, 0) is 42.5 Å². The Bertz CT molecular complexity index is 701. The summed E-state index contributed by atoms with van der Waals surface area (Å²) in [7, 11) is 0. The number of amides is 1. The van der Waals surface area contributed by atoms with Gasteiger partial charge in [0.1, 0.15) is 0 Å². The van der Waals surface area contributed by atoms with Gasteiger partial charge in [-0.15, -0.1) is 11.3 Å². The zero-order valence-corrected chi connectivity index (χ0v) is 14.4. The molecule has 1 aliphatic rings. The monoisotopic (exact) mass is 354 g/mol. The molecule has 0 unspecified atom stereocenters. The van der Waals surface area contributed by atoms with Crippen molar-refractivity contribution >= 4 is 46.1 Å². The average molecular weight is 355 g/mol. The number of carbonyl (C=O) groups excluding carboxylic acids is 1. The van der Waals surface area contributed by atoms with E-state index in [-0.39, 0.29) is 11.9 Å². The third kappa shape index (κ3) is 3.15. The van der Waals surface area contributed by atoms with E-state index < -0.39 is 0 Å². The predicted octanol–water partition coefficient (Wildman–Crippen LogP) is 4.61. The fraction of sp³-hybridized carbons (Fsp3) is 0.312. The van der Waals surface area contributed by atoms with E-state index in [0.29, 0.717) is 22.3 Å². The summed E-state index contributed by atoms with van der Waals surface area (Å²) in [6.07, 6.45) is 1.00. The molecular weight excluding hydrogens is 339 g/mol. The molecule has 0 saturated heterocycles. The Kier molecular flexibility index (Phi) is 4.73. The van der Waals surface area contributed by atoms with Gasteiger partial charge in [0.2, 0.25) is 5.91 Å². The van der Waals surface area contributed by atoms with E-state index >= 15 is 0 Å². The van der Waals surface area contributed by atoms with Crippen molar-refractivity contribution in [2.45, 2.75) is 19.4 Å². The van der Waals surface area contributed by atoms with Gasteiger partial charge in [-0.3, -0.25) is 9.69 Å². The lowest BCUT2D eigenvalue weighted by atomic mass is 10.0. The standard InChI is InChI=1S/C16H16Cl2N2OS/c1-10-11-6-8-22-14(11)5-7-20(10)9-15(21)19-13-4-2-3-12(17)16(13)18/h2-4,6,8,10H,5,7,9H2,1H3,(H,19,21)/t10-/m0/s1. The van der Waals surface area contributed by atoms with Crippen molar-refractivity contribution in [1.82, 2.24) is 4.90 Å². The maximum Gasteiger partial charge on any atom is 0.238 e. The Labute approximate surface area is 143 Å². The molecule has 0 saturated carbocycles. The number of hydrogen-bond donors (Lipinski definition) is 1. The number of halogens is 2. The molecule has 0 radical (unpaired) electrons. The van der Waals surface area contributed by atoms with Crippen molar-refractivity contribution in [2.75, 3.05) is 18.4 Å². The molecule has 2 heterocycles. The van der Waals surface area contributed by atoms with E-state index in [1.807, 2.05) is 0 Å². The highest BCUT2D eigenvalue weighted by atomic mass is 35.5. The van der Waals surface area contributed by atoms with Crippen LogP contribution in [0, 0.1) is 0 Å². The van der Waals surface area contributed by atoms with Crippen LogP contribution in [0.25, 0.3) is 0 Å². The summed E-state index contributed by atoms with van der Waals surface area (Å²) >= 11 is 13.9. The molecule has 1 amide bonds. The van der Waals surface area contributed by atoms with Crippen LogP contribution in [0.15, 0.2) is 29.6 Å². The third-order valence-electron chi connectivity index (χ3n) is 3.98. The van der Waals surface area contributed by atoms with Gasteiger partial charge < -0.3 is 5.32 Å². The summed E-state index contributed by atoms with van der Waals surface area (Å²) in [6.45, 7) is 3.38. The molecule has 6 heteroatoms. The number of rotatable bonds is 3. The lowest BCUT2D eigenvalue weighted by Gasteiger charge is -2.32. The van der Waals surface area contributed by atoms with E-state index in [9.17, 15) is 4.79 Å². The topological polar surface area (TPSA) is 32.3 Å². The molecule has 3 rings (SSSR count). The van der Waals surface area contributed by atoms with Crippen LogP contribution in [0.4, 0.5) is 5.69 Å².